The van der Waals surface area contributed by atoms with Crippen molar-refractivity contribution in [2.45, 2.75) is 80.2 Å². The number of ketones is 2. The van der Waals surface area contributed by atoms with Crippen molar-refractivity contribution in [3.63, 3.8) is 0 Å². The second-order valence-electron chi connectivity index (χ2n) is 17.1. The number of hydrogen-bond acceptors (Lipinski definition) is 14. The molecular weight excluding hydrogens is 793 g/mol. The van der Waals surface area contributed by atoms with E-state index in [-0.39, 0.29) is 40.9 Å². The Hall–Kier alpha value is -3.99. The van der Waals surface area contributed by atoms with Gasteiger partial charge in [-0.15, -0.1) is 0 Å². The molecular formula is C45H46N2O10S2. The molecule has 1 saturated heterocycles. The molecule has 14 heteroatoms. The quantitative estimate of drug-likeness (QED) is 0.141. The van der Waals surface area contributed by atoms with Crippen LogP contribution in [-0.4, -0.2) is 95.1 Å². The molecule has 12 nitrogen and oxygen atoms in total. The van der Waals surface area contributed by atoms with Crippen LogP contribution in [0.5, 0.6) is 5.75 Å². The van der Waals surface area contributed by atoms with Gasteiger partial charge in [0.25, 0.3) is 0 Å². The molecule has 0 amide bonds. The number of aryl methyl sites for hydroxylation is 1. The summed E-state index contributed by atoms with van der Waals surface area (Å²) in [4.78, 5) is 34.8. The highest BCUT2D eigenvalue weighted by Crippen LogP contribution is 2.63. The van der Waals surface area contributed by atoms with E-state index in [1.54, 1.807) is 36.4 Å². The van der Waals surface area contributed by atoms with Crippen molar-refractivity contribution in [1.29, 1.82) is 0 Å². The summed E-state index contributed by atoms with van der Waals surface area (Å²) in [6.45, 7) is -0.888. The van der Waals surface area contributed by atoms with Crippen molar-refractivity contribution in [2.75, 3.05) is 23.6 Å². The smallest absolute Gasteiger partial charge is 0.230 e. The van der Waals surface area contributed by atoms with E-state index >= 15 is 4.79 Å². The molecule has 3 heterocycles. The Labute approximate surface area is 348 Å². The number of hydrogen-bond donors (Lipinski definition) is 7. The number of carbonyl (C=O) groups is 2. The van der Waals surface area contributed by atoms with Gasteiger partial charge in [-0.05, 0) is 84.1 Å². The summed E-state index contributed by atoms with van der Waals surface area (Å²) in [5, 5.41) is 73.7. The van der Waals surface area contributed by atoms with Gasteiger partial charge in [-0.25, -0.2) is 4.98 Å². The number of benzene rings is 2. The number of carbonyl (C=O) groups excluding carboxylic acids is 2. The van der Waals surface area contributed by atoms with Crippen LogP contribution in [0.25, 0.3) is 0 Å². The lowest BCUT2D eigenvalue weighted by atomic mass is 9.50. The highest BCUT2D eigenvalue weighted by Gasteiger charge is 2.71. The number of anilines is 1. The van der Waals surface area contributed by atoms with Gasteiger partial charge in [-0.1, -0.05) is 82.6 Å². The number of nitrogens with zero attached hydrogens (tertiary/aromatic N) is 1. The Morgan fingerprint density at radius 1 is 1.02 bits per heavy atom. The van der Waals surface area contributed by atoms with Gasteiger partial charge in [-0.2, -0.15) is 0 Å². The Morgan fingerprint density at radius 2 is 1.85 bits per heavy atom. The third kappa shape index (κ3) is 5.57. The summed E-state index contributed by atoms with van der Waals surface area (Å²) in [6, 6.07) is 14.0. The minimum Gasteiger partial charge on any atom is -0.511 e. The average molecular weight is 839 g/mol. The molecule has 7 N–H and O–H groups in total. The molecule has 1 saturated carbocycles. The van der Waals surface area contributed by atoms with Gasteiger partial charge in [0.05, 0.1) is 30.6 Å². The minimum absolute atomic E-state index is 0.0193. The van der Waals surface area contributed by atoms with Crippen LogP contribution in [0.4, 0.5) is 5.82 Å². The summed E-state index contributed by atoms with van der Waals surface area (Å²) in [5.41, 5.74) is -2.36. The SMILES string of the molecule is O=C1c2cccc3c2C(=O)C2(CSSCNc4cc5c(cn4)CCC4CCCC54C4C=CC5(CO)OC(O3)C(O)C4(O)C5O)C(O)=CC(Cc3cccc(CO)c3)=CC12. The molecule has 2 aromatic carbocycles. The maximum absolute atomic E-state index is 15.3. The van der Waals surface area contributed by atoms with Crippen LogP contribution in [-0.2, 0) is 29.6 Å². The highest BCUT2D eigenvalue weighted by atomic mass is 33.1. The molecule has 10 unspecified atom stereocenters. The summed E-state index contributed by atoms with van der Waals surface area (Å²) in [7, 11) is 2.77. The first-order valence-electron chi connectivity index (χ1n) is 20.2. The molecule has 10 atom stereocenters. The highest BCUT2D eigenvalue weighted by molar-refractivity contribution is 8.76. The zero-order valence-corrected chi connectivity index (χ0v) is 33.8. The summed E-state index contributed by atoms with van der Waals surface area (Å²) in [5.74, 6) is -2.13. The maximum atomic E-state index is 15.3. The molecule has 3 aromatic rings. The Balaban J connectivity index is 1.11. The second-order valence-corrected chi connectivity index (χ2v) is 19.6. The van der Waals surface area contributed by atoms with Crippen LogP contribution < -0.4 is 10.1 Å². The number of Topliss-reactive ketones (excluding diaryl/α,β-unsaturated/α-hetero) is 2. The van der Waals surface area contributed by atoms with Crippen LogP contribution >= 0.6 is 21.6 Å². The Morgan fingerprint density at radius 3 is 2.68 bits per heavy atom. The van der Waals surface area contributed by atoms with E-state index in [4.69, 9.17) is 14.5 Å². The number of nitrogens with one attached hydrogen (secondary N) is 1. The summed E-state index contributed by atoms with van der Waals surface area (Å²) in [6.07, 6.45) is 7.60. The number of aliphatic hydroxyl groups is 6. The van der Waals surface area contributed by atoms with Crippen molar-refractivity contribution in [3.8, 4) is 5.75 Å². The third-order valence-electron chi connectivity index (χ3n) is 14.4. The van der Waals surface area contributed by atoms with Gasteiger partial charge in [0, 0.05) is 28.8 Å². The van der Waals surface area contributed by atoms with Crippen molar-refractivity contribution >= 4 is 39.0 Å². The molecule has 2 fully saturated rings. The number of aliphatic hydroxyl groups excluding tert-OH is 5. The fourth-order valence-corrected chi connectivity index (χ4v) is 13.8. The van der Waals surface area contributed by atoms with E-state index in [1.807, 2.05) is 30.5 Å². The largest absolute Gasteiger partial charge is 0.511 e. The molecule has 10 rings (SSSR count). The molecule has 5 aliphatic carbocycles. The lowest BCUT2D eigenvalue weighted by Crippen LogP contribution is -2.78. The van der Waals surface area contributed by atoms with Gasteiger partial charge in [0.15, 0.2) is 11.6 Å². The van der Waals surface area contributed by atoms with Crippen LogP contribution in [0.3, 0.4) is 0 Å². The Kier molecular flexibility index (Phi) is 9.49. The minimum atomic E-state index is -2.30. The average Bonchev–Trinajstić information content (AvgIpc) is 3.69. The normalized spacial score (nSPS) is 36.9. The van der Waals surface area contributed by atoms with Crippen molar-refractivity contribution in [2.24, 2.45) is 23.2 Å². The molecule has 0 radical (unpaired) electrons. The summed E-state index contributed by atoms with van der Waals surface area (Å²) >= 11 is 0. The van der Waals surface area contributed by atoms with E-state index in [2.05, 4.69) is 5.32 Å². The second kappa shape index (κ2) is 14.3. The number of allylic oxidation sites excluding steroid dienone is 4. The zero-order chi connectivity index (χ0) is 40.9. The van der Waals surface area contributed by atoms with Crippen LogP contribution in [0, 0.1) is 23.2 Å². The topological polar surface area (TPSA) is 199 Å². The Bertz CT molecular complexity index is 2350. The monoisotopic (exact) mass is 838 g/mol. The summed E-state index contributed by atoms with van der Waals surface area (Å²) < 4.78 is 12.7. The first-order valence-corrected chi connectivity index (χ1v) is 22.7. The zero-order valence-electron chi connectivity index (χ0n) is 32.1. The van der Waals surface area contributed by atoms with Crippen molar-refractivity contribution in [3.05, 3.63) is 124 Å². The molecule has 2 aliphatic heterocycles. The van der Waals surface area contributed by atoms with E-state index in [1.165, 1.54) is 33.7 Å². The lowest BCUT2D eigenvalue weighted by Gasteiger charge is -2.61. The maximum Gasteiger partial charge on any atom is 0.230 e. The predicted molar refractivity (Wildman–Crippen MR) is 221 cm³/mol. The van der Waals surface area contributed by atoms with Crippen LogP contribution in [0.1, 0.15) is 68.7 Å². The van der Waals surface area contributed by atoms with Crippen molar-refractivity contribution < 1.29 is 49.7 Å². The standard InChI is InChI=1S/C45H46N2O10S2/c48-20-25-5-1-4-24(14-25)15-26-16-31-37(51)29-7-2-8-32-36(29)38(52)44(31,34(50)17-26)22-58-59-23-47-35-18-30-27(19-46-35)9-10-28-6-3-12-43(28,30)33-11-13-42(21-49)41(54)45(33,55)39(53)40(56-32)57-42/h1-2,4-5,7-8,11,13-14,16-19,28,31,33,39-41,48-50,53-55H,3,6,9-10,12,15,20-23H2,(H,46,47). The van der Waals surface area contributed by atoms with Gasteiger partial charge in [0.1, 0.15) is 46.2 Å². The van der Waals surface area contributed by atoms with Gasteiger partial charge < -0.3 is 45.4 Å². The lowest BCUT2D eigenvalue weighted by molar-refractivity contribution is -0.354. The van der Waals surface area contributed by atoms with E-state index < -0.39 is 70.5 Å². The molecule has 59 heavy (non-hydrogen) atoms. The predicted octanol–water partition coefficient (Wildman–Crippen LogP) is 4.73. The fraction of sp³-hybridized carbons (Fsp3) is 0.444. The van der Waals surface area contributed by atoms with E-state index in [0.717, 1.165) is 47.9 Å². The van der Waals surface area contributed by atoms with E-state index in [9.17, 15) is 35.4 Å². The number of rotatable bonds is 4. The number of fused-ring (bicyclic) bond motifs is 3. The van der Waals surface area contributed by atoms with Gasteiger partial charge in [-0.3, -0.25) is 9.59 Å². The fourth-order valence-electron chi connectivity index (χ4n) is 11.5. The molecule has 308 valence electrons. The number of ether oxygens (including phenoxy) is 2. The number of pyridine rings is 1. The van der Waals surface area contributed by atoms with Crippen LogP contribution in [0.15, 0.2) is 90.4 Å². The van der Waals surface area contributed by atoms with E-state index in [0.29, 0.717) is 30.1 Å². The van der Waals surface area contributed by atoms with Gasteiger partial charge >= 0.3 is 0 Å². The first-order chi connectivity index (χ1) is 28.5. The number of aromatic nitrogens is 1. The first kappa shape index (κ1) is 39.2. The third-order valence-corrected chi connectivity index (χ3v) is 16.6. The molecule has 2 spiro atoms. The van der Waals surface area contributed by atoms with Gasteiger partial charge in [0.2, 0.25) is 6.29 Å². The van der Waals surface area contributed by atoms with Crippen molar-refractivity contribution in [1.82, 2.24) is 4.98 Å². The van der Waals surface area contributed by atoms with Crippen LogP contribution in [0.2, 0.25) is 0 Å². The molecule has 7 aliphatic rings. The molecule has 7 bridgehead atoms. The molecule has 1 aromatic heterocycles.